The summed E-state index contributed by atoms with van der Waals surface area (Å²) >= 11 is 0. The summed E-state index contributed by atoms with van der Waals surface area (Å²) in [7, 11) is 0. The minimum atomic E-state index is -1.15. The van der Waals surface area contributed by atoms with Gasteiger partial charge in [-0.05, 0) is 56.2 Å². The van der Waals surface area contributed by atoms with Crippen molar-refractivity contribution in [1.29, 1.82) is 0 Å². The fraction of sp³-hybridized carbons (Fsp3) is 0.571. The molecule has 2 heteroatoms. The number of aryl methyl sites for hydroxylation is 1. The van der Waals surface area contributed by atoms with E-state index in [1.807, 2.05) is 32.0 Å². The standard InChI is InChI=1S/C14H20FN/c1-10-4-3-5-13(11(10)2)14(15)8-6-12(16)7-9-14/h3-5,12H,6-9,16H2,1-2H3. The van der Waals surface area contributed by atoms with Crippen LogP contribution in [0.4, 0.5) is 4.39 Å². The van der Waals surface area contributed by atoms with Gasteiger partial charge in [0.25, 0.3) is 0 Å². The summed E-state index contributed by atoms with van der Waals surface area (Å²) in [4.78, 5) is 0. The van der Waals surface area contributed by atoms with Gasteiger partial charge in [0, 0.05) is 6.04 Å². The molecule has 16 heavy (non-hydrogen) atoms. The number of alkyl halides is 1. The van der Waals surface area contributed by atoms with Crippen LogP contribution >= 0.6 is 0 Å². The van der Waals surface area contributed by atoms with Crippen LogP contribution in [0.3, 0.4) is 0 Å². The second-order valence-electron chi connectivity index (χ2n) is 5.05. The first-order chi connectivity index (χ1) is 7.53. The van der Waals surface area contributed by atoms with Crippen molar-refractivity contribution in [2.45, 2.75) is 51.2 Å². The zero-order chi connectivity index (χ0) is 11.8. The summed E-state index contributed by atoms with van der Waals surface area (Å²) in [6, 6.07) is 6.11. The molecule has 1 aliphatic rings. The van der Waals surface area contributed by atoms with Gasteiger partial charge in [-0.1, -0.05) is 18.2 Å². The molecule has 1 nitrogen and oxygen atoms in total. The summed E-state index contributed by atoms with van der Waals surface area (Å²) in [5, 5.41) is 0. The first-order valence-electron chi connectivity index (χ1n) is 6.04. The first-order valence-corrected chi connectivity index (χ1v) is 6.04. The molecule has 2 N–H and O–H groups in total. The average molecular weight is 221 g/mol. The van der Waals surface area contributed by atoms with E-state index in [4.69, 9.17) is 5.73 Å². The van der Waals surface area contributed by atoms with Crippen LogP contribution in [0.25, 0.3) is 0 Å². The molecule has 0 radical (unpaired) electrons. The lowest BCUT2D eigenvalue weighted by Gasteiger charge is -2.34. The van der Waals surface area contributed by atoms with Crippen LogP contribution < -0.4 is 5.73 Å². The van der Waals surface area contributed by atoms with Gasteiger partial charge in [-0.3, -0.25) is 0 Å². The molecule has 0 aliphatic heterocycles. The molecule has 0 unspecified atom stereocenters. The topological polar surface area (TPSA) is 26.0 Å². The Hall–Kier alpha value is -0.890. The van der Waals surface area contributed by atoms with E-state index in [2.05, 4.69) is 0 Å². The number of benzene rings is 1. The third-order valence-corrected chi connectivity index (χ3v) is 3.91. The number of nitrogens with two attached hydrogens (primary N) is 1. The van der Waals surface area contributed by atoms with Gasteiger partial charge in [-0.15, -0.1) is 0 Å². The Bertz CT molecular complexity index is 378. The molecule has 0 heterocycles. The maximum absolute atomic E-state index is 14.9. The Morgan fingerprint density at radius 2 is 1.88 bits per heavy atom. The van der Waals surface area contributed by atoms with Crippen molar-refractivity contribution in [3.05, 3.63) is 34.9 Å². The third kappa shape index (κ3) is 1.99. The summed E-state index contributed by atoms with van der Waals surface area (Å²) in [6.45, 7) is 4.05. The first kappa shape index (κ1) is 11.6. The van der Waals surface area contributed by atoms with Crippen LogP contribution in [-0.4, -0.2) is 6.04 Å². The summed E-state index contributed by atoms with van der Waals surface area (Å²) in [6.07, 6.45) is 2.73. The monoisotopic (exact) mass is 221 g/mol. The van der Waals surface area contributed by atoms with Crippen LogP contribution in [-0.2, 0) is 5.67 Å². The number of rotatable bonds is 1. The van der Waals surface area contributed by atoms with E-state index in [1.54, 1.807) is 0 Å². The summed E-state index contributed by atoms with van der Waals surface area (Å²) < 4.78 is 14.9. The van der Waals surface area contributed by atoms with E-state index in [9.17, 15) is 4.39 Å². The minimum Gasteiger partial charge on any atom is -0.328 e. The zero-order valence-corrected chi connectivity index (χ0v) is 10.1. The fourth-order valence-electron chi connectivity index (χ4n) is 2.60. The highest BCUT2D eigenvalue weighted by molar-refractivity contribution is 5.37. The molecule has 1 aromatic carbocycles. The maximum atomic E-state index is 14.9. The van der Waals surface area contributed by atoms with Crippen LogP contribution in [0.5, 0.6) is 0 Å². The van der Waals surface area contributed by atoms with Crippen LogP contribution in [0.1, 0.15) is 42.4 Å². The minimum absolute atomic E-state index is 0.189. The zero-order valence-electron chi connectivity index (χ0n) is 10.1. The molecule has 1 fully saturated rings. The molecule has 1 saturated carbocycles. The molecule has 0 amide bonds. The van der Waals surface area contributed by atoms with Crippen molar-refractivity contribution in [3.8, 4) is 0 Å². The number of halogens is 1. The van der Waals surface area contributed by atoms with Gasteiger partial charge >= 0.3 is 0 Å². The second-order valence-corrected chi connectivity index (χ2v) is 5.05. The van der Waals surface area contributed by atoms with Crippen LogP contribution in [0.15, 0.2) is 18.2 Å². The molecular formula is C14H20FN. The smallest absolute Gasteiger partial charge is 0.136 e. The largest absolute Gasteiger partial charge is 0.328 e. The third-order valence-electron chi connectivity index (χ3n) is 3.91. The maximum Gasteiger partial charge on any atom is 0.136 e. The van der Waals surface area contributed by atoms with Crippen LogP contribution in [0, 0.1) is 13.8 Å². The predicted molar refractivity (Wildman–Crippen MR) is 65.1 cm³/mol. The van der Waals surface area contributed by atoms with Gasteiger partial charge in [0.1, 0.15) is 5.67 Å². The highest BCUT2D eigenvalue weighted by Gasteiger charge is 2.37. The molecule has 0 spiro atoms. The van der Waals surface area contributed by atoms with Gasteiger partial charge in [-0.25, -0.2) is 4.39 Å². The molecular weight excluding hydrogens is 201 g/mol. The lowest BCUT2D eigenvalue weighted by Crippen LogP contribution is -2.34. The predicted octanol–water partition coefficient (Wildman–Crippen LogP) is 3.37. The molecule has 88 valence electrons. The highest BCUT2D eigenvalue weighted by atomic mass is 19.1. The van der Waals surface area contributed by atoms with Crippen molar-refractivity contribution in [3.63, 3.8) is 0 Å². The molecule has 1 aliphatic carbocycles. The van der Waals surface area contributed by atoms with Gasteiger partial charge in [0.05, 0.1) is 0 Å². The molecule has 2 rings (SSSR count). The molecule has 0 bridgehead atoms. The Morgan fingerprint density at radius 3 is 2.50 bits per heavy atom. The normalized spacial score (nSPS) is 30.4. The Labute approximate surface area is 96.9 Å². The van der Waals surface area contributed by atoms with Crippen molar-refractivity contribution in [2.75, 3.05) is 0 Å². The summed E-state index contributed by atoms with van der Waals surface area (Å²) in [5.41, 5.74) is 7.83. The van der Waals surface area contributed by atoms with E-state index >= 15 is 0 Å². The Kier molecular flexibility index (Phi) is 3.02. The van der Waals surface area contributed by atoms with Gasteiger partial charge < -0.3 is 5.73 Å². The second kappa shape index (κ2) is 4.17. The molecule has 0 atom stereocenters. The van der Waals surface area contributed by atoms with Crippen molar-refractivity contribution in [2.24, 2.45) is 5.73 Å². The lowest BCUT2D eigenvalue weighted by atomic mass is 9.77. The Morgan fingerprint density at radius 1 is 1.25 bits per heavy atom. The molecule has 0 aromatic heterocycles. The average Bonchev–Trinajstić information content (AvgIpc) is 2.27. The van der Waals surface area contributed by atoms with E-state index < -0.39 is 5.67 Å². The van der Waals surface area contributed by atoms with Gasteiger partial charge in [0.2, 0.25) is 0 Å². The van der Waals surface area contributed by atoms with Crippen molar-refractivity contribution in [1.82, 2.24) is 0 Å². The van der Waals surface area contributed by atoms with E-state index in [-0.39, 0.29) is 6.04 Å². The fourth-order valence-corrected chi connectivity index (χ4v) is 2.60. The van der Waals surface area contributed by atoms with E-state index in [1.165, 1.54) is 5.56 Å². The number of hydrogen-bond acceptors (Lipinski definition) is 1. The molecule has 1 aromatic rings. The SMILES string of the molecule is Cc1cccc(C2(F)CCC(N)CC2)c1C. The lowest BCUT2D eigenvalue weighted by molar-refractivity contribution is 0.0971. The van der Waals surface area contributed by atoms with E-state index in [0.29, 0.717) is 12.8 Å². The van der Waals surface area contributed by atoms with E-state index in [0.717, 1.165) is 24.0 Å². The highest BCUT2D eigenvalue weighted by Crippen LogP contribution is 2.42. The number of hydrogen-bond donors (Lipinski definition) is 1. The van der Waals surface area contributed by atoms with Crippen molar-refractivity contribution >= 4 is 0 Å². The van der Waals surface area contributed by atoms with Gasteiger partial charge in [0.15, 0.2) is 0 Å². The van der Waals surface area contributed by atoms with Gasteiger partial charge in [-0.2, -0.15) is 0 Å². The van der Waals surface area contributed by atoms with Crippen LogP contribution in [0.2, 0.25) is 0 Å². The molecule has 0 saturated heterocycles. The Balaban J connectivity index is 2.32. The quantitative estimate of drug-likeness (QED) is 0.773. The summed E-state index contributed by atoms with van der Waals surface area (Å²) in [5.74, 6) is 0. The van der Waals surface area contributed by atoms with Crippen molar-refractivity contribution < 1.29 is 4.39 Å².